The predicted octanol–water partition coefficient (Wildman–Crippen LogP) is 2.73. The summed E-state index contributed by atoms with van der Waals surface area (Å²) in [5.41, 5.74) is 1.62. The summed E-state index contributed by atoms with van der Waals surface area (Å²) in [5.74, 6) is 1.73. The van der Waals surface area contributed by atoms with Crippen LogP contribution in [0.25, 0.3) is 11.2 Å². The van der Waals surface area contributed by atoms with Crippen LogP contribution in [0.1, 0.15) is 44.9 Å². The third kappa shape index (κ3) is 5.29. The molecule has 1 fully saturated rings. The molecule has 1 aliphatic rings. The summed E-state index contributed by atoms with van der Waals surface area (Å²) in [5, 5.41) is 0. The average Bonchev–Trinajstić information content (AvgIpc) is 3.24. The second-order valence-electron chi connectivity index (χ2n) is 9.43. The Kier molecular flexibility index (Phi) is 7.95. The first-order valence-electron chi connectivity index (χ1n) is 12.7. The molecule has 0 bridgehead atoms. The van der Waals surface area contributed by atoms with Gasteiger partial charge in [0.15, 0.2) is 11.2 Å². The van der Waals surface area contributed by atoms with Gasteiger partial charge in [-0.25, -0.2) is 9.78 Å². The number of hydrogen-bond donors (Lipinski definition) is 0. The van der Waals surface area contributed by atoms with Crippen molar-refractivity contribution in [1.82, 2.24) is 23.6 Å². The number of anilines is 1. The number of aromatic nitrogens is 4. The topological polar surface area (TPSA) is 77.5 Å². The Balaban J connectivity index is 1.53. The number of unbranched alkanes of at least 4 members (excludes halogenated alkanes) is 4. The lowest BCUT2D eigenvalue weighted by Gasteiger charge is -2.36. The number of nitrogens with zero attached hydrogens (tertiary/aromatic N) is 6. The molecule has 0 spiro atoms. The van der Waals surface area contributed by atoms with Crippen LogP contribution in [0.3, 0.4) is 0 Å². The van der Waals surface area contributed by atoms with Crippen molar-refractivity contribution in [3.8, 4) is 5.75 Å². The number of piperazine rings is 1. The van der Waals surface area contributed by atoms with E-state index in [0.717, 1.165) is 57.1 Å². The van der Waals surface area contributed by atoms with Gasteiger partial charge in [-0.15, -0.1) is 0 Å². The maximum Gasteiger partial charge on any atom is 0.332 e. The van der Waals surface area contributed by atoms with Crippen LogP contribution in [0.2, 0.25) is 0 Å². The zero-order valence-electron chi connectivity index (χ0n) is 21.5. The largest absolute Gasteiger partial charge is 0.497 e. The molecule has 3 aromatic rings. The van der Waals surface area contributed by atoms with Crippen molar-refractivity contribution < 1.29 is 4.74 Å². The first kappa shape index (κ1) is 25.0. The van der Waals surface area contributed by atoms with Gasteiger partial charge in [-0.05, 0) is 30.7 Å². The van der Waals surface area contributed by atoms with Crippen molar-refractivity contribution in [1.29, 1.82) is 0 Å². The number of methoxy groups -OCH3 is 1. The molecule has 9 heteroatoms. The molecule has 35 heavy (non-hydrogen) atoms. The highest BCUT2D eigenvalue weighted by Crippen LogP contribution is 2.22. The summed E-state index contributed by atoms with van der Waals surface area (Å²) in [6.45, 7) is 7.27. The number of ether oxygens (including phenoxy) is 1. The highest BCUT2D eigenvalue weighted by Gasteiger charge is 2.23. The van der Waals surface area contributed by atoms with Crippen LogP contribution in [-0.4, -0.2) is 56.9 Å². The van der Waals surface area contributed by atoms with Crippen molar-refractivity contribution in [3.05, 3.63) is 50.9 Å². The average molecular weight is 483 g/mol. The molecule has 1 aromatic carbocycles. The minimum Gasteiger partial charge on any atom is -0.497 e. The van der Waals surface area contributed by atoms with Crippen molar-refractivity contribution in [3.63, 3.8) is 0 Å². The van der Waals surface area contributed by atoms with Gasteiger partial charge >= 0.3 is 5.69 Å². The SMILES string of the molecule is CCCCCCCn1c(CN2CCN(c3ccc(OC)cc3)CC2)nc2c1c(=O)n(C)c(=O)n2C. The molecule has 0 aliphatic carbocycles. The monoisotopic (exact) mass is 482 g/mol. The van der Waals surface area contributed by atoms with Crippen molar-refractivity contribution in [2.24, 2.45) is 14.1 Å². The minimum atomic E-state index is -0.338. The molecule has 1 aliphatic heterocycles. The van der Waals surface area contributed by atoms with E-state index in [1.54, 1.807) is 21.2 Å². The number of imidazole rings is 1. The number of aryl methyl sites for hydroxylation is 2. The Labute approximate surface area is 206 Å². The van der Waals surface area contributed by atoms with Crippen LogP contribution in [0.15, 0.2) is 33.9 Å². The maximum atomic E-state index is 13.1. The molecule has 190 valence electrons. The van der Waals surface area contributed by atoms with Gasteiger partial charge in [0, 0.05) is 52.5 Å². The Hall–Kier alpha value is -3.07. The smallest absolute Gasteiger partial charge is 0.332 e. The summed E-state index contributed by atoms with van der Waals surface area (Å²) in [6, 6.07) is 8.19. The lowest BCUT2D eigenvalue weighted by molar-refractivity contribution is 0.240. The van der Waals surface area contributed by atoms with E-state index < -0.39 is 0 Å². The van der Waals surface area contributed by atoms with Gasteiger partial charge in [0.05, 0.1) is 13.7 Å². The maximum absolute atomic E-state index is 13.1. The predicted molar refractivity (Wildman–Crippen MR) is 139 cm³/mol. The van der Waals surface area contributed by atoms with E-state index in [9.17, 15) is 9.59 Å². The number of benzene rings is 1. The van der Waals surface area contributed by atoms with Gasteiger partial charge in [0.25, 0.3) is 5.56 Å². The molecule has 0 N–H and O–H groups in total. The third-order valence-corrected chi connectivity index (χ3v) is 7.09. The van der Waals surface area contributed by atoms with Gasteiger partial charge in [0.1, 0.15) is 11.6 Å². The van der Waals surface area contributed by atoms with Crippen molar-refractivity contribution in [2.75, 3.05) is 38.2 Å². The fourth-order valence-corrected chi connectivity index (χ4v) is 4.88. The molecule has 0 saturated carbocycles. The minimum absolute atomic E-state index is 0.264. The molecule has 0 radical (unpaired) electrons. The Morgan fingerprint density at radius 1 is 0.914 bits per heavy atom. The Morgan fingerprint density at radius 3 is 2.26 bits per heavy atom. The van der Waals surface area contributed by atoms with Crippen molar-refractivity contribution in [2.45, 2.75) is 52.1 Å². The normalized spacial score (nSPS) is 14.7. The lowest BCUT2D eigenvalue weighted by atomic mass is 10.1. The molecule has 3 heterocycles. The van der Waals surface area contributed by atoms with E-state index in [4.69, 9.17) is 9.72 Å². The highest BCUT2D eigenvalue weighted by molar-refractivity contribution is 5.71. The van der Waals surface area contributed by atoms with E-state index in [1.165, 1.54) is 34.1 Å². The number of rotatable bonds is 10. The summed E-state index contributed by atoms with van der Waals surface area (Å²) < 4.78 is 10.0. The first-order valence-corrected chi connectivity index (χ1v) is 12.7. The van der Waals surface area contributed by atoms with Crippen LogP contribution < -0.4 is 20.9 Å². The van der Waals surface area contributed by atoms with E-state index in [0.29, 0.717) is 17.7 Å². The standard InChI is InChI=1S/C26H38N6O3/c1-5-6-7-8-9-14-32-22(27-24-23(32)25(33)29(3)26(34)28(24)2)19-30-15-17-31(18-16-30)20-10-12-21(35-4)13-11-20/h10-13H,5-9,14-19H2,1-4H3. The molecular weight excluding hydrogens is 444 g/mol. The van der Waals surface area contributed by atoms with Crippen LogP contribution >= 0.6 is 0 Å². The summed E-state index contributed by atoms with van der Waals surface area (Å²) in [4.78, 5) is 35.2. The van der Waals surface area contributed by atoms with Gasteiger partial charge in [-0.1, -0.05) is 32.6 Å². The van der Waals surface area contributed by atoms with Crippen LogP contribution in [0, 0.1) is 0 Å². The summed E-state index contributed by atoms with van der Waals surface area (Å²) in [7, 11) is 4.92. The Morgan fingerprint density at radius 2 is 1.60 bits per heavy atom. The summed E-state index contributed by atoms with van der Waals surface area (Å²) in [6.07, 6.45) is 5.74. The lowest BCUT2D eigenvalue weighted by Crippen LogP contribution is -2.46. The number of hydrogen-bond acceptors (Lipinski definition) is 6. The van der Waals surface area contributed by atoms with Gasteiger partial charge in [-0.3, -0.25) is 18.8 Å². The summed E-state index contributed by atoms with van der Waals surface area (Å²) >= 11 is 0. The molecule has 1 saturated heterocycles. The first-order chi connectivity index (χ1) is 16.9. The second-order valence-corrected chi connectivity index (χ2v) is 9.43. The zero-order valence-corrected chi connectivity index (χ0v) is 21.5. The number of fused-ring (bicyclic) bond motifs is 1. The fourth-order valence-electron chi connectivity index (χ4n) is 4.88. The molecule has 4 rings (SSSR count). The highest BCUT2D eigenvalue weighted by atomic mass is 16.5. The molecular formula is C26H38N6O3. The van der Waals surface area contributed by atoms with E-state index in [1.807, 2.05) is 12.1 Å². The quantitative estimate of drug-likeness (QED) is 0.414. The third-order valence-electron chi connectivity index (χ3n) is 7.09. The van der Waals surface area contributed by atoms with E-state index >= 15 is 0 Å². The van der Waals surface area contributed by atoms with Gasteiger partial charge in [0.2, 0.25) is 0 Å². The zero-order chi connectivity index (χ0) is 24.9. The van der Waals surface area contributed by atoms with Crippen LogP contribution in [0.4, 0.5) is 5.69 Å². The van der Waals surface area contributed by atoms with Crippen molar-refractivity contribution >= 4 is 16.9 Å². The molecule has 0 unspecified atom stereocenters. The molecule has 0 amide bonds. The Bertz CT molecular complexity index is 1250. The second kappa shape index (κ2) is 11.1. The van der Waals surface area contributed by atoms with E-state index in [-0.39, 0.29) is 11.2 Å². The molecule has 2 aromatic heterocycles. The fraction of sp³-hybridized carbons (Fsp3) is 0.577. The molecule has 0 atom stereocenters. The van der Waals surface area contributed by atoms with Crippen LogP contribution in [-0.2, 0) is 27.2 Å². The van der Waals surface area contributed by atoms with Gasteiger partial charge in [-0.2, -0.15) is 0 Å². The molecule has 9 nitrogen and oxygen atoms in total. The van der Waals surface area contributed by atoms with Crippen LogP contribution in [0.5, 0.6) is 5.75 Å². The van der Waals surface area contributed by atoms with E-state index in [2.05, 4.69) is 33.4 Å². The van der Waals surface area contributed by atoms with Gasteiger partial charge < -0.3 is 14.2 Å².